The van der Waals surface area contributed by atoms with Gasteiger partial charge in [-0.15, -0.1) is 0 Å². The fraction of sp³-hybridized carbons (Fsp3) is 0.167. The Balaban J connectivity index is 3.17. The second kappa shape index (κ2) is 2.88. The monoisotopic (exact) mass is 180 g/mol. The molecule has 0 atom stereocenters. The van der Waals surface area contributed by atoms with E-state index >= 15 is 0 Å². The fourth-order valence-electron chi connectivity index (χ4n) is 0.703. The smallest absolute Gasteiger partial charge is 0.339 e. The number of carboxylic acid groups (broad SMARTS) is 1. The molecule has 1 aromatic rings. The van der Waals surface area contributed by atoms with Crippen molar-refractivity contribution in [2.24, 2.45) is 0 Å². The molecule has 0 amide bonds. The minimum Gasteiger partial charge on any atom is -0.478 e. The lowest BCUT2D eigenvalue weighted by Crippen LogP contribution is -1.98. The van der Waals surface area contributed by atoms with E-state index in [0.717, 1.165) is 0 Å². The molecule has 0 aliphatic carbocycles. The molecule has 0 spiro atoms. The summed E-state index contributed by atoms with van der Waals surface area (Å²) in [5, 5.41) is 8.27. The van der Waals surface area contributed by atoms with Crippen LogP contribution in [0.1, 0.15) is 22.5 Å². The van der Waals surface area contributed by atoms with Gasteiger partial charge in [-0.1, -0.05) is 0 Å². The normalized spacial score (nSPS) is 10.7. The van der Waals surface area contributed by atoms with Gasteiger partial charge in [-0.2, -0.15) is 4.39 Å². The van der Waals surface area contributed by atoms with Crippen molar-refractivity contribution in [1.29, 1.82) is 0 Å². The second-order valence-electron chi connectivity index (χ2n) is 1.93. The molecular weight excluding hydrogens is 177 g/mol. The zero-order valence-corrected chi connectivity index (χ0v) is 5.55. The van der Waals surface area contributed by atoms with Gasteiger partial charge in [0.2, 0.25) is 0 Å². The second-order valence-corrected chi connectivity index (χ2v) is 1.93. The lowest BCUT2D eigenvalue weighted by molar-refractivity contribution is 0.0671. The van der Waals surface area contributed by atoms with Crippen LogP contribution in [0, 0.1) is 6.01 Å². The third-order valence-electron chi connectivity index (χ3n) is 1.16. The van der Waals surface area contributed by atoms with Crippen molar-refractivity contribution < 1.29 is 27.5 Å². The molecular formula is C6H3F3O3. The zero-order chi connectivity index (χ0) is 9.30. The van der Waals surface area contributed by atoms with Gasteiger partial charge in [0.25, 0.3) is 12.4 Å². The van der Waals surface area contributed by atoms with E-state index in [-0.39, 0.29) is 0 Å². The molecule has 0 radical (unpaired) electrons. The summed E-state index contributed by atoms with van der Waals surface area (Å²) < 4.78 is 39.7. The molecule has 0 fully saturated rings. The van der Waals surface area contributed by atoms with Crippen LogP contribution in [0.5, 0.6) is 0 Å². The van der Waals surface area contributed by atoms with E-state index < -0.39 is 29.7 Å². The summed E-state index contributed by atoms with van der Waals surface area (Å²) in [6.45, 7) is 0. The van der Waals surface area contributed by atoms with Gasteiger partial charge in [-0.3, -0.25) is 0 Å². The minimum absolute atomic E-state index is 0.407. The van der Waals surface area contributed by atoms with Crippen LogP contribution in [-0.4, -0.2) is 11.1 Å². The average molecular weight is 180 g/mol. The number of carbonyl (C=O) groups is 1. The predicted octanol–water partition coefficient (Wildman–Crippen LogP) is 2.05. The lowest BCUT2D eigenvalue weighted by Gasteiger charge is -1.93. The van der Waals surface area contributed by atoms with Crippen LogP contribution in [0.4, 0.5) is 13.2 Å². The van der Waals surface area contributed by atoms with Crippen LogP contribution < -0.4 is 0 Å². The van der Waals surface area contributed by atoms with Crippen molar-refractivity contribution in [3.05, 3.63) is 23.4 Å². The number of furan rings is 1. The van der Waals surface area contributed by atoms with E-state index in [9.17, 15) is 18.0 Å². The number of rotatable bonds is 2. The van der Waals surface area contributed by atoms with E-state index in [0.29, 0.717) is 6.07 Å². The van der Waals surface area contributed by atoms with Gasteiger partial charge in [0.15, 0.2) is 5.76 Å². The molecule has 3 nitrogen and oxygen atoms in total. The molecule has 0 aliphatic heterocycles. The van der Waals surface area contributed by atoms with E-state index in [4.69, 9.17) is 5.11 Å². The number of aromatic carboxylic acids is 1. The molecule has 12 heavy (non-hydrogen) atoms. The molecule has 1 heterocycles. The van der Waals surface area contributed by atoms with Gasteiger partial charge < -0.3 is 9.52 Å². The summed E-state index contributed by atoms with van der Waals surface area (Å²) >= 11 is 0. The molecule has 0 bridgehead atoms. The van der Waals surface area contributed by atoms with Crippen molar-refractivity contribution in [3.63, 3.8) is 0 Å². The van der Waals surface area contributed by atoms with Crippen LogP contribution in [0.2, 0.25) is 0 Å². The Labute approximate surface area is 64.4 Å². The highest BCUT2D eigenvalue weighted by molar-refractivity contribution is 5.88. The Morgan fingerprint density at radius 3 is 2.50 bits per heavy atom. The number of hydrogen-bond acceptors (Lipinski definition) is 2. The Kier molecular flexibility index (Phi) is 2.07. The third-order valence-corrected chi connectivity index (χ3v) is 1.16. The maximum Gasteiger partial charge on any atom is 0.339 e. The molecule has 0 aromatic carbocycles. The highest BCUT2D eigenvalue weighted by Crippen LogP contribution is 2.25. The van der Waals surface area contributed by atoms with Crippen LogP contribution in [0.15, 0.2) is 10.5 Å². The highest BCUT2D eigenvalue weighted by Gasteiger charge is 2.24. The first-order valence-electron chi connectivity index (χ1n) is 2.83. The maximum absolute atomic E-state index is 12.1. The SMILES string of the molecule is O=C(O)c1cc(F)oc1C(F)F. The summed E-state index contributed by atoms with van der Waals surface area (Å²) in [4.78, 5) is 10.2. The van der Waals surface area contributed by atoms with Crippen LogP contribution >= 0.6 is 0 Å². The minimum atomic E-state index is -3.12. The molecule has 0 saturated heterocycles. The number of hydrogen-bond donors (Lipinski definition) is 1. The largest absolute Gasteiger partial charge is 0.478 e. The number of carboxylic acids is 1. The van der Waals surface area contributed by atoms with Gasteiger partial charge >= 0.3 is 5.97 Å². The average Bonchev–Trinajstić information content (AvgIpc) is 2.31. The fourth-order valence-corrected chi connectivity index (χ4v) is 0.703. The van der Waals surface area contributed by atoms with E-state index in [2.05, 4.69) is 4.42 Å². The topological polar surface area (TPSA) is 50.4 Å². The number of halogens is 3. The summed E-state index contributed by atoms with van der Waals surface area (Å²) in [7, 11) is 0. The quantitative estimate of drug-likeness (QED) is 0.757. The van der Waals surface area contributed by atoms with Crippen molar-refractivity contribution in [1.82, 2.24) is 0 Å². The highest BCUT2D eigenvalue weighted by atomic mass is 19.3. The zero-order valence-electron chi connectivity index (χ0n) is 5.55. The summed E-state index contributed by atoms with van der Waals surface area (Å²) in [6.07, 6.45) is -3.12. The van der Waals surface area contributed by atoms with Gasteiger partial charge in [0.05, 0.1) is 0 Å². The number of alkyl halides is 2. The molecule has 1 rings (SSSR count). The standard InChI is InChI=1S/C6H3F3O3/c7-3-1-2(6(10)11)4(12-3)5(8)9/h1,5H,(H,10,11). The first-order chi connectivity index (χ1) is 5.52. The molecule has 0 unspecified atom stereocenters. The van der Waals surface area contributed by atoms with Crippen molar-refractivity contribution >= 4 is 5.97 Å². The molecule has 0 saturated carbocycles. The van der Waals surface area contributed by atoms with Crippen LogP contribution in [0.3, 0.4) is 0 Å². The van der Waals surface area contributed by atoms with E-state index in [1.54, 1.807) is 0 Å². The maximum atomic E-state index is 12.1. The van der Waals surface area contributed by atoms with Gasteiger partial charge in [-0.05, 0) is 0 Å². The first-order valence-corrected chi connectivity index (χ1v) is 2.83. The summed E-state index contributed by atoms with van der Waals surface area (Å²) in [5.74, 6) is -2.79. The lowest BCUT2D eigenvalue weighted by atomic mass is 10.2. The van der Waals surface area contributed by atoms with E-state index in [1.807, 2.05) is 0 Å². The van der Waals surface area contributed by atoms with Crippen LogP contribution in [0.25, 0.3) is 0 Å². The molecule has 0 aliphatic rings. The molecule has 66 valence electrons. The van der Waals surface area contributed by atoms with Gasteiger partial charge in [0.1, 0.15) is 5.56 Å². The summed E-state index contributed by atoms with van der Waals surface area (Å²) in [6, 6.07) is -0.924. The Morgan fingerprint density at radius 1 is 1.58 bits per heavy atom. The van der Waals surface area contributed by atoms with Crippen molar-refractivity contribution in [2.75, 3.05) is 0 Å². The van der Waals surface area contributed by atoms with Crippen molar-refractivity contribution in [2.45, 2.75) is 6.43 Å². The Morgan fingerprint density at radius 2 is 2.17 bits per heavy atom. The Hall–Kier alpha value is -1.46. The molecule has 1 N–H and O–H groups in total. The van der Waals surface area contributed by atoms with Crippen LogP contribution in [-0.2, 0) is 0 Å². The molecule has 1 aromatic heterocycles. The van der Waals surface area contributed by atoms with Gasteiger partial charge in [-0.25, -0.2) is 13.6 Å². The predicted molar refractivity (Wildman–Crippen MR) is 30.6 cm³/mol. The molecule has 6 heteroatoms. The summed E-state index contributed by atoms with van der Waals surface area (Å²) in [5.41, 5.74) is -0.845. The van der Waals surface area contributed by atoms with Gasteiger partial charge in [0, 0.05) is 6.07 Å². The third kappa shape index (κ3) is 1.41. The van der Waals surface area contributed by atoms with Crippen molar-refractivity contribution in [3.8, 4) is 0 Å². The Bertz CT molecular complexity index is 305. The van der Waals surface area contributed by atoms with E-state index in [1.165, 1.54) is 0 Å². The first kappa shape index (κ1) is 8.63.